The zero-order valence-electron chi connectivity index (χ0n) is 10.9. The normalized spacial score (nSPS) is 14.9. The van der Waals surface area contributed by atoms with Gasteiger partial charge >= 0.3 is 0 Å². The highest BCUT2D eigenvalue weighted by molar-refractivity contribution is 5.54. The molecule has 1 aromatic rings. The third-order valence-electron chi connectivity index (χ3n) is 3.42. The molecular weight excluding hydrogens is 208 g/mol. The number of benzene rings is 1. The highest BCUT2D eigenvalue weighted by atomic mass is 15.1. The molecule has 1 aliphatic rings. The van der Waals surface area contributed by atoms with Crippen molar-refractivity contribution in [3.63, 3.8) is 0 Å². The summed E-state index contributed by atoms with van der Waals surface area (Å²) in [5.74, 6) is 0.937. The second kappa shape index (κ2) is 6.06. The summed E-state index contributed by atoms with van der Waals surface area (Å²) in [5, 5.41) is 0. The molecule has 0 amide bonds. The summed E-state index contributed by atoms with van der Waals surface area (Å²) in [6.07, 6.45) is 5.03. The van der Waals surface area contributed by atoms with Crippen LogP contribution in [0.5, 0.6) is 0 Å². The van der Waals surface area contributed by atoms with E-state index in [9.17, 15) is 0 Å². The molecular formula is C15H24N2. The highest BCUT2D eigenvalue weighted by Gasteiger charge is 2.24. The maximum Gasteiger partial charge on any atom is 0.0399 e. The molecule has 2 N–H and O–H groups in total. The lowest BCUT2D eigenvalue weighted by atomic mass is 10.1. The molecule has 0 saturated heterocycles. The van der Waals surface area contributed by atoms with Crippen molar-refractivity contribution in [2.24, 2.45) is 11.7 Å². The molecule has 0 heterocycles. The van der Waals surface area contributed by atoms with Gasteiger partial charge in [-0.25, -0.2) is 0 Å². The molecule has 2 heteroatoms. The van der Waals surface area contributed by atoms with Gasteiger partial charge < -0.3 is 10.6 Å². The van der Waals surface area contributed by atoms with Crippen molar-refractivity contribution in [3.05, 3.63) is 29.8 Å². The molecule has 0 bridgehead atoms. The topological polar surface area (TPSA) is 29.3 Å². The summed E-state index contributed by atoms with van der Waals surface area (Å²) >= 11 is 0. The molecule has 2 nitrogen and oxygen atoms in total. The summed E-state index contributed by atoms with van der Waals surface area (Å²) in [6.45, 7) is 5.39. The van der Waals surface area contributed by atoms with Crippen LogP contribution in [0.25, 0.3) is 0 Å². The fourth-order valence-electron chi connectivity index (χ4n) is 2.38. The van der Waals surface area contributed by atoms with E-state index in [1.54, 1.807) is 0 Å². The number of nitrogens with two attached hydrogens (primary N) is 1. The lowest BCUT2D eigenvalue weighted by molar-refractivity contribution is 0.704. The van der Waals surface area contributed by atoms with E-state index in [4.69, 9.17) is 5.73 Å². The Hall–Kier alpha value is -1.02. The highest BCUT2D eigenvalue weighted by Crippen LogP contribution is 2.32. The zero-order chi connectivity index (χ0) is 12.1. The third kappa shape index (κ3) is 3.47. The first kappa shape index (κ1) is 12.4. The fraction of sp³-hybridized carbons (Fsp3) is 0.600. The number of hydrogen-bond donors (Lipinski definition) is 1. The van der Waals surface area contributed by atoms with Crippen LogP contribution in [0.15, 0.2) is 24.3 Å². The molecule has 0 unspecified atom stereocenters. The predicted octanol–water partition coefficient (Wildman–Crippen LogP) is 2.81. The van der Waals surface area contributed by atoms with Crippen LogP contribution in [0.3, 0.4) is 0 Å². The Labute approximate surface area is 105 Å². The van der Waals surface area contributed by atoms with Crippen LogP contribution in [0.2, 0.25) is 0 Å². The summed E-state index contributed by atoms with van der Waals surface area (Å²) in [7, 11) is 0. The molecule has 1 aromatic carbocycles. The fourth-order valence-corrected chi connectivity index (χ4v) is 2.38. The lowest BCUT2D eigenvalue weighted by Gasteiger charge is -2.26. The van der Waals surface area contributed by atoms with Gasteiger partial charge in [-0.05, 0) is 49.8 Å². The van der Waals surface area contributed by atoms with Crippen LogP contribution in [0.1, 0.15) is 31.7 Å². The second-order valence-electron chi connectivity index (χ2n) is 5.06. The van der Waals surface area contributed by atoms with Crippen LogP contribution in [-0.2, 0) is 6.42 Å². The first-order chi connectivity index (χ1) is 8.35. The van der Waals surface area contributed by atoms with Gasteiger partial charge in [-0.1, -0.05) is 25.1 Å². The minimum Gasteiger partial charge on any atom is -0.371 e. The Morgan fingerprint density at radius 3 is 2.71 bits per heavy atom. The van der Waals surface area contributed by atoms with Gasteiger partial charge in [-0.15, -0.1) is 0 Å². The molecule has 0 aliphatic heterocycles. The van der Waals surface area contributed by atoms with Gasteiger partial charge in [0.15, 0.2) is 0 Å². The van der Waals surface area contributed by atoms with Crippen LogP contribution >= 0.6 is 0 Å². The van der Waals surface area contributed by atoms with Crippen LogP contribution < -0.4 is 10.6 Å². The van der Waals surface area contributed by atoms with E-state index in [-0.39, 0.29) is 0 Å². The van der Waals surface area contributed by atoms with E-state index in [0.29, 0.717) is 0 Å². The Bertz CT molecular complexity index is 345. The molecule has 2 rings (SSSR count). The maximum atomic E-state index is 5.70. The molecule has 1 fully saturated rings. The van der Waals surface area contributed by atoms with E-state index >= 15 is 0 Å². The SMILES string of the molecule is CCCN(CC1CC1)c1ccccc1CCN. The predicted molar refractivity (Wildman–Crippen MR) is 74.4 cm³/mol. The van der Waals surface area contributed by atoms with E-state index < -0.39 is 0 Å². The molecule has 0 aromatic heterocycles. The first-order valence-corrected chi connectivity index (χ1v) is 6.88. The molecule has 1 saturated carbocycles. The minimum absolute atomic E-state index is 0.737. The molecule has 94 valence electrons. The van der Waals surface area contributed by atoms with Crippen molar-refractivity contribution in [3.8, 4) is 0 Å². The van der Waals surface area contributed by atoms with Crippen molar-refractivity contribution in [1.29, 1.82) is 0 Å². The van der Waals surface area contributed by atoms with Gasteiger partial charge in [0.25, 0.3) is 0 Å². The Morgan fingerprint density at radius 2 is 2.06 bits per heavy atom. The lowest BCUT2D eigenvalue weighted by Crippen LogP contribution is -2.27. The maximum absolute atomic E-state index is 5.70. The quantitative estimate of drug-likeness (QED) is 0.783. The average Bonchev–Trinajstić information content (AvgIpc) is 3.14. The van der Waals surface area contributed by atoms with Gasteiger partial charge in [-0.3, -0.25) is 0 Å². The zero-order valence-corrected chi connectivity index (χ0v) is 10.9. The monoisotopic (exact) mass is 232 g/mol. The van der Waals surface area contributed by atoms with E-state index in [0.717, 1.165) is 25.4 Å². The van der Waals surface area contributed by atoms with Gasteiger partial charge in [0.2, 0.25) is 0 Å². The molecule has 1 aliphatic carbocycles. The molecule has 0 spiro atoms. The largest absolute Gasteiger partial charge is 0.371 e. The molecule has 17 heavy (non-hydrogen) atoms. The van der Waals surface area contributed by atoms with Crippen LogP contribution in [0, 0.1) is 5.92 Å². The van der Waals surface area contributed by atoms with Gasteiger partial charge in [-0.2, -0.15) is 0 Å². The third-order valence-corrected chi connectivity index (χ3v) is 3.42. The van der Waals surface area contributed by atoms with E-state index in [2.05, 4.69) is 36.1 Å². The Kier molecular flexibility index (Phi) is 4.43. The Morgan fingerprint density at radius 1 is 1.29 bits per heavy atom. The number of hydrogen-bond acceptors (Lipinski definition) is 2. The van der Waals surface area contributed by atoms with Crippen molar-refractivity contribution in [2.75, 3.05) is 24.5 Å². The standard InChI is InChI=1S/C15H24N2/c1-2-11-17(12-13-7-8-13)15-6-4-3-5-14(15)9-10-16/h3-6,13H,2,7-12,16H2,1H3. The molecule has 0 radical (unpaired) electrons. The second-order valence-corrected chi connectivity index (χ2v) is 5.06. The average molecular weight is 232 g/mol. The summed E-state index contributed by atoms with van der Waals surface area (Å²) in [6, 6.07) is 8.74. The smallest absolute Gasteiger partial charge is 0.0399 e. The van der Waals surface area contributed by atoms with E-state index in [1.807, 2.05) is 0 Å². The number of nitrogens with zero attached hydrogens (tertiary/aromatic N) is 1. The van der Waals surface area contributed by atoms with Gasteiger partial charge in [0.1, 0.15) is 0 Å². The summed E-state index contributed by atoms with van der Waals surface area (Å²) in [4.78, 5) is 2.56. The van der Waals surface area contributed by atoms with Crippen LogP contribution in [-0.4, -0.2) is 19.6 Å². The van der Waals surface area contributed by atoms with Gasteiger partial charge in [0.05, 0.1) is 0 Å². The van der Waals surface area contributed by atoms with Gasteiger partial charge in [0, 0.05) is 18.8 Å². The summed E-state index contributed by atoms with van der Waals surface area (Å²) < 4.78 is 0. The van der Waals surface area contributed by atoms with Crippen molar-refractivity contribution < 1.29 is 0 Å². The molecule has 0 atom stereocenters. The van der Waals surface area contributed by atoms with E-state index in [1.165, 1.54) is 37.1 Å². The van der Waals surface area contributed by atoms with Crippen molar-refractivity contribution in [1.82, 2.24) is 0 Å². The van der Waals surface area contributed by atoms with Crippen molar-refractivity contribution >= 4 is 5.69 Å². The Balaban J connectivity index is 2.14. The number of para-hydroxylation sites is 1. The van der Waals surface area contributed by atoms with Crippen LogP contribution in [0.4, 0.5) is 5.69 Å². The minimum atomic E-state index is 0.737. The number of anilines is 1. The van der Waals surface area contributed by atoms with Crippen molar-refractivity contribution in [2.45, 2.75) is 32.6 Å². The number of rotatable bonds is 7. The summed E-state index contributed by atoms with van der Waals surface area (Å²) in [5.41, 5.74) is 8.51. The first-order valence-electron chi connectivity index (χ1n) is 6.88.